The summed E-state index contributed by atoms with van der Waals surface area (Å²) in [5.41, 5.74) is 5.87. The molecule has 38 heavy (non-hydrogen) atoms. The van der Waals surface area contributed by atoms with E-state index in [-0.39, 0.29) is 17.8 Å². The Kier molecular flexibility index (Phi) is 7.45. The maximum atomic E-state index is 13.7. The molecule has 0 unspecified atom stereocenters. The molecule has 3 aromatic rings. The number of allylic oxidation sites excluding steroid dienone is 3. The van der Waals surface area contributed by atoms with Crippen LogP contribution in [0.5, 0.6) is 5.75 Å². The summed E-state index contributed by atoms with van der Waals surface area (Å²) in [6.45, 7) is 6.02. The summed E-state index contributed by atoms with van der Waals surface area (Å²) in [7, 11) is 0. The summed E-state index contributed by atoms with van der Waals surface area (Å²) in [5.74, 6) is -0.00798. The molecule has 0 fully saturated rings. The van der Waals surface area contributed by atoms with Crippen LogP contribution in [0.2, 0.25) is 0 Å². The third-order valence-electron chi connectivity index (χ3n) is 7.12. The maximum absolute atomic E-state index is 13.7. The number of Topliss-reactive ketones (excluding diaryl/α,β-unsaturated/α-hetero) is 1. The summed E-state index contributed by atoms with van der Waals surface area (Å²) in [6, 6.07) is 27.9. The molecular weight excluding hydrogens is 474 g/mol. The number of benzene rings is 3. The van der Waals surface area contributed by atoms with E-state index in [1.165, 1.54) is 0 Å². The van der Waals surface area contributed by atoms with Crippen LogP contribution in [0, 0.1) is 0 Å². The van der Waals surface area contributed by atoms with Gasteiger partial charge in [-0.05, 0) is 61.9 Å². The number of nitrogens with one attached hydrogen (secondary N) is 1. The lowest BCUT2D eigenvalue weighted by Crippen LogP contribution is -2.36. The predicted octanol–water partition coefficient (Wildman–Crippen LogP) is 6.58. The Morgan fingerprint density at radius 1 is 0.895 bits per heavy atom. The maximum Gasteiger partial charge on any atom is 0.337 e. The molecule has 1 aliphatic carbocycles. The highest BCUT2D eigenvalue weighted by atomic mass is 16.5. The number of carbonyl (C=O) groups excluding carboxylic acids is 2. The van der Waals surface area contributed by atoms with Crippen LogP contribution in [0.4, 0.5) is 0 Å². The van der Waals surface area contributed by atoms with Gasteiger partial charge in [0.15, 0.2) is 5.78 Å². The van der Waals surface area contributed by atoms with Crippen LogP contribution in [0.1, 0.15) is 62.1 Å². The second-order valence-electron chi connectivity index (χ2n) is 10.2. The number of rotatable bonds is 7. The van der Waals surface area contributed by atoms with Gasteiger partial charge in [-0.2, -0.15) is 0 Å². The number of carbonyl (C=O) groups is 2. The summed E-state index contributed by atoms with van der Waals surface area (Å²) < 4.78 is 11.6. The molecule has 0 spiro atoms. The second kappa shape index (κ2) is 11.1. The van der Waals surface area contributed by atoms with Crippen molar-refractivity contribution in [2.75, 3.05) is 0 Å². The minimum absolute atomic E-state index is 0.0596. The van der Waals surface area contributed by atoms with Gasteiger partial charge < -0.3 is 14.8 Å². The monoisotopic (exact) mass is 507 g/mol. The Morgan fingerprint density at radius 2 is 1.55 bits per heavy atom. The first-order valence-corrected chi connectivity index (χ1v) is 13.2. The molecule has 5 heteroatoms. The number of esters is 1. The van der Waals surface area contributed by atoms with Crippen molar-refractivity contribution in [1.82, 2.24) is 5.32 Å². The standard InChI is InChI=1S/C33H33NO4/c1-21(2)38-33(36)30-22(3)34-28-18-26(24-12-8-5-9-13-24)19-29(35)32(28)31(30)25-14-16-27(17-15-25)37-20-23-10-6-4-7-11-23/h4-17,21,26,31,34H,18-20H2,1-3H3/t26-,31-/m1/s1. The summed E-state index contributed by atoms with van der Waals surface area (Å²) in [6.07, 6.45) is 0.853. The second-order valence-corrected chi connectivity index (χ2v) is 10.2. The van der Waals surface area contributed by atoms with Crippen molar-refractivity contribution in [2.45, 2.75) is 58.2 Å². The molecule has 0 aromatic heterocycles. The largest absolute Gasteiger partial charge is 0.489 e. The van der Waals surface area contributed by atoms with Crippen molar-refractivity contribution in [1.29, 1.82) is 0 Å². The van der Waals surface area contributed by atoms with E-state index in [1.54, 1.807) is 0 Å². The van der Waals surface area contributed by atoms with Gasteiger partial charge in [0.1, 0.15) is 12.4 Å². The molecule has 0 amide bonds. The average Bonchev–Trinajstić information content (AvgIpc) is 2.92. The lowest BCUT2D eigenvalue weighted by molar-refractivity contribution is -0.143. The quantitative estimate of drug-likeness (QED) is 0.366. The van der Waals surface area contributed by atoms with Crippen LogP contribution in [0.25, 0.3) is 0 Å². The molecule has 0 bridgehead atoms. The molecule has 1 heterocycles. The molecule has 3 aromatic carbocycles. The zero-order valence-electron chi connectivity index (χ0n) is 22.1. The van der Waals surface area contributed by atoms with Gasteiger partial charge in [0.2, 0.25) is 0 Å². The topological polar surface area (TPSA) is 64.6 Å². The Morgan fingerprint density at radius 3 is 2.21 bits per heavy atom. The molecule has 0 radical (unpaired) electrons. The van der Waals surface area contributed by atoms with Gasteiger partial charge in [-0.25, -0.2) is 4.79 Å². The van der Waals surface area contributed by atoms with Gasteiger partial charge in [0, 0.05) is 29.3 Å². The fourth-order valence-electron chi connectivity index (χ4n) is 5.38. The number of ketones is 1. The molecule has 194 valence electrons. The minimum atomic E-state index is -0.495. The van der Waals surface area contributed by atoms with Crippen LogP contribution >= 0.6 is 0 Å². The van der Waals surface area contributed by atoms with E-state index in [9.17, 15) is 9.59 Å². The fourth-order valence-corrected chi connectivity index (χ4v) is 5.38. The van der Waals surface area contributed by atoms with E-state index < -0.39 is 11.9 Å². The van der Waals surface area contributed by atoms with Gasteiger partial charge in [-0.1, -0.05) is 72.8 Å². The Labute approximate surface area is 224 Å². The molecule has 1 N–H and O–H groups in total. The molecule has 2 atom stereocenters. The average molecular weight is 508 g/mol. The number of dihydropyridines is 1. The van der Waals surface area contributed by atoms with E-state index in [0.717, 1.165) is 33.8 Å². The van der Waals surface area contributed by atoms with Crippen molar-refractivity contribution < 1.29 is 19.1 Å². The molecule has 0 saturated heterocycles. The lowest BCUT2D eigenvalue weighted by atomic mass is 9.71. The summed E-state index contributed by atoms with van der Waals surface area (Å²) in [4.78, 5) is 27.0. The molecule has 0 saturated carbocycles. The first-order chi connectivity index (χ1) is 18.4. The Hall–Kier alpha value is -4.12. The highest BCUT2D eigenvalue weighted by Gasteiger charge is 2.41. The first-order valence-electron chi connectivity index (χ1n) is 13.2. The third-order valence-corrected chi connectivity index (χ3v) is 7.12. The van der Waals surface area contributed by atoms with Crippen LogP contribution < -0.4 is 10.1 Å². The molecule has 2 aliphatic rings. The molecule has 5 rings (SSSR count). The molecular formula is C33H33NO4. The lowest BCUT2D eigenvalue weighted by Gasteiger charge is -2.37. The number of ether oxygens (including phenoxy) is 2. The smallest absolute Gasteiger partial charge is 0.337 e. The van der Waals surface area contributed by atoms with Crippen LogP contribution in [0.15, 0.2) is 107 Å². The Bertz CT molecular complexity index is 1370. The van der Waals surface area contributed by atoms with E-state index in [1.807, 2.05) is 93.6 Å². The molecule has 1 aliphatic heterocycles. The van der Waals surface area contributed by atoms with E-state index in [0.29, 0.717) is 30.6 Å². The van der Waals surface area contributed by atoms with Crippen molar-refractivity contribution in [3.8, 4) is 5.75 Å². The zero-order valence-corrected chi connectivity index (χ0v) is 22.1. The fraction of sp³-hybridized carbons (Fsp3) is 0.273. The van der Waals surface area contributed by atoms with Gasteiger partial charge in [0.25, 0.3) is 0 Å². The van der Waals surface area contributed by atoms with Crippen LogP contribution in [-0.2, 0) is 20.9 Å². The van der Waals surface area contributed by atoms with E-state index >= 15 is 0 Å². The van der Waals surface area contributed by atoms with Crippen molar-refractivity contribution in [3.63, 3.8) is 0 Å². The van der Waals surface area contributed by atoms with Gasteiger partial charge in [-0.15, -0.1) is 0 Å². The van der Waals surface area contributed by atoms with Crippen LogP contribution in [0.3, 0.4) is 0 Å². The highest BCUT2D eigenvalue weighted by molar-refractivity contribution is 6.04. The summed E-state index contributed by atoms with van der Waals surface area (Å²) >= 11 is 0. The van der Waals surface area contributed by atoms with E-state index in [4.69, 9.17) is 9.47 Å². The first kappa shape index (κ1) is 25.5. The van der Waals surface area contributed by atoms with Gasteiger partial charge in [0.05, 0.1) is 11.7 Å². The normalized spacial score (nSPS) is 19.2. The minimum Gasteiger partial charge on any atom is -0.489 e. The summed E-state index contributed by atoms with van der Waals surface area (Å²) in [5, 5.41) is 3.42. The Balaban J connectivity index is 1.48. The SMILES string of the molecule is CC1=C(C(=O)OC(C)C)[C@@H](c2ccc(OCc3ccccc3)cc2)C2=C(C[C@@H](c3ccccc3)CC2=O)N1. The van der Waals surface area contributed by atoms with E-state index in [2.05, 4.69) is 17.4 Å². The zero-order chi connectivity index (χ0) is 26.6. The third kappa shape index (κ3) is 5.42. The van der Waals surface area contributed by atoms with Gasteiger partial charge >= 0.3 is 5.97 Å². The number of hydrogen-bond donors (Lipinski definition) is 1. The van der Waals surface area contributed by atoms with Crippen molar-refractivity contribution in [2.24, 2.45) is 0 Å². The van der Waals surface area contributed by atoms with Crippen LogP contribution in [-0.4, -0.2) is 17.9 Å². The highest BCUT2D eigenvalue weighted by Crippen LogP contribution is 2.46. The predicted molar refractivity (Wildman–Crippen MR) is 147 cm³/mol. The van der Waals surface area contributed by atoms with Gasteiger partial charge in [-0.3, -0.25) is 4.79 Å². The van der Waals surface area contributed by atoms with Crippen molar-refractivity contribution >= 4 is 11.8 Å². The number of hydrogen-bond acceptors (Lipinski definition) is 5. The molecule has 5 nitrogen and oxygen atoms in total. The van der Waals surface area contributed by atoms with Crippen molar-refractivity contribution in [3.05, 3.63) is 124 Å².